The molecule has 2 aromatic rings. The lowest BCUT2D eigenvalue weighted by Gasteiger charge is -2.14. The van der Waals surface area contributed by atoms with Gasteiger partial charge in [0.05, 0.1) is 11.7 Å². The Hall–Kier alpha value is -1.33. The molecule has 0 spiro atoms. The predicted octanol–water partition coefficient (Wildman–Crippen LogP) is 5.25. The summed E-state index contributed by atoms with van der Waals surface area (Å²) in [4.78, 5) is 12.4. The van der Waals surface area contributed by atoms with Crippen molar-refractivity contribution < 1.29 is 9.53 Å². The molecule has 2 aromatic carbocycles. The molecule has 0 aliphatic heterocycles. The summed E-state index contributed by atoms with van der Waals surface area (Å²) >= 11 is 6.75. The van der Waals surface area contributed by atoms with E-state index in [1.807, 2.05) is 44.2 Å². The zero-order valence-corrected chi connectivity index (χ0v) is 14.9. The lowest BCUT2D eigenvalue weighted by atomic mass is 10.1. The molecule has 0 radical (unpaired) electrons. The molecule has 110 valence electrons. The fraction of sp³-hybridized carbons (Fsp3) is 0.188. The van der Waals surface area contributed by atoms with E-state index in [4.69, 9.17) is 4.74 Å². The highest BCUT2D eigenvalue weighted by molar-refractivity contribution is 9.10. The minimum atomic E-state index is -0.200. The topological polar surface area (TPSA) is 38.3 Å². The van der Waals surface area contributed by atoms with Gasteiger partial charge in [0.25, 0.3) is 5.91 Å². The van der Waals surface area contributed by atoms with Crippen LogP contribution in [0.25, 0.3) is 0 Å². The molecular formula is C16H15Br2NO2. The van der Waals surface area contributed by atoms with Crippen molar-refractivity contribution in [1.82, 2.24) is 0 Å². The maximum atomic E-state index is 12.4. The van der Waals surface area contributed by atoms with Gasteiger partial charge in [-0.2, -0.15) is 0 Å². The molecule has 0 aromatic heterocycles. The SMILES string of the molecule is CC(C)Oc1ccc(Br)cc1C(=O)Nc1ccc(Br)cc1. The molecule has 3 nitrogen and oxygen atoms in total. The summed E-state index contributed by atoms with van der Waals surface area (Å²) in [7, 11) is 0. The molecule has 21 heavy (non-hydrogen) atoms. The Balaban J connectivity index is 2.25. The predicted molar refractivity (Wildman–Crippen MR) is 92.0 cm³/mol. The Morgan fingerprint density at radius 2 is 1.67 bits per heavy atom. The molecule has 0 bridgehead atoms. The number of halogens is 2. The van der Waals surface area contributed by atoms with Gasteiger partial charge in [0, 0.05) is 14.6 Å². The van der Waals surface area contributed by atoms with Crippen molar-refractivity contribution in [3.63, 3.8) is 0 Å². The maximum Gasteiger partial charge on any atom is 0.259 e. The zero-order chi connectivity index (χ0) is 15.4. The number of carbonyl (C=O) groups is 1. The third-order valence-corrected chi connectivity index (χ3v) is 3.67. The first-order chi connectivity index (χ1) is 9.95. The Bertz CT molecular complexity index is 639. The van der Waals surface area contributed by atoms with Gasteiger partial charge in [-0.25, -0.2) is 0 Å². The van der Waals surface area contributed by atoms with Gasteiger partial charge in [0.15, 0.2) is 0 Å². The average Bonchev–Trinajstić information content (AvgIpc) is 2.43. The van der Waals surface area contributed by atoms with Crippen LogP contribution in [0.15, 0.2) is 51.4 Å². The van der Waals surface area contributed by atoms with E-state index in [9.17, 15) is 4.79 Å². The van der Waals surface area contributed by atoms with Crippen molar-refractivity contribution in [2.45, 2.75) is 20.0 Å². The second-order valence-electron chi connectivity index (χ2n) is 4.77. The number of benzene rings is 2. The first-order valence-electron chi connectivity index (χ1n) is 6.49. The van der Waals surface area contributed by atoms with E-state index in [2.05, 4.69) is 37.2 Å². The van der Waals surface area contributed by atoms with Gasteiger partial charge >= 0.3 is 0 Å². The summed E-state index contributed by atoms with van der Waals surface area (Å²) in [5.74, 6) is 0.372. The van der Waals surface area contributed by atoms with Crippen LogP contribution in [-0.2, 0) is 0 Å². The highest BCUT2D eigenvalue weighted by atomic mass is 79.9. The fourth-order valence-corrected chi connectivity index (χ4v) is 2.39. The molecule has 5 heteroatoms. The normalized spacial score (nSPS) is 10.5. The smallest absolute Gasteiger partial charge is 0.259 e. The maximum absolute atomic E-state index is 12.4. The van der Waals surface area contributed by atoms with Gasteiger partial charge in [0.2, 0.25) is 0 Å². The van der Waals surface area contributed by atoms with E-state index in [1.54, 1.807) is 12.1 Å². The standard InChI is InChI=1S/C16H15Br2NO2/c1-10(2)21-15-8-5-12(18)9-14(15)16(20)19-13-6-3-11(17)4-7-13/h3-10H,1-2H3,(H,19,20). The summed E-state index contributed by atoms with van der Waals surface area (Å²) in [6.45, 7) is 3.86. The number of ether oxygens (including phenoxy) is 1. The Labute approximate surface area is 141 Å². The molecule has 1 N–H and O–H groups in total. The van der Waals surface area contributed by atoms with E-state index in [0.717, 1.165) is 14.6 Å². The molecule has 0 saturated heterocycles. The van der Waals surface area contributed by atoms with Gasteiger partial charge in [-0.3, -0.25) is 4.79 Å². The first-order valence-corrected chi connectivity index (χ1v) is 8.07. The quantitative estimate of drug-likeness (QED) is 0.744. The van der Waals surface area contributed by atoms with Crippen LogP contribution in [0.4, 0.5) is 5.69 Å². The molecule has 0 unspecified atom stereocenters. The Kier molecular flexibility index (Phi) is 5.42. The molecule has 1 amide bonds. The third kappa shape index (κ3) is 4.58. The minimum absolute atomic E-state index is 0.00501. The van der Waals surface area contributed by atoms with E-state index in [-0.39, 0.29) is 12.0 Å². The van der Waals surface area contributed by atoms with Gasteiger partial charge in [0.1, 0.15) is 5.75 Å². The van der Waals surface area contributed by atoms with E-state index in [1.165, 1.54) is 0 Å². The lowest BCUT2D eigenvalue weighted by molar-refractivity contribution is 0.102. The number of nitrogens with one attached hydrogen (secondary N) is 1. The molecule has 0 aliphatic carbocycles. The van der Waals surface area contributed by atoms with Crippen LogP contribution >= 0.6 is 31.9 Å². The van der Waals surface area contributed by atoms with Crippen molar-refractivity contribution >= 4 is 43.5 Å². The highest BCUT2D eigenvalue weighted by Gasteiger charge is 2.14. The number of amides is 1. The van der Waals surface area contributed by atoms with Gasteiger partial charge in [-0.15, -0.1) is 0 Å². The summed E-state index contributed by atoms with van der Waals surface area (Å²) in [6.07, 6.45) is 0.00501. The van der Waals surface area contributed by atoms with Crippen LogP contribution in [-0.4, -0.2) is 12.0 Å². The minimum Gasteiger partial charge on any atom is -0.490 e. The number of hydrogen-bond acceptors (Lipinski definition) is 2. The third-order valence-electron chi connectivity index (χ3n) is 2.65. The van der Waals surface area contributed by atoms with Crippen LogP contribution in [0, 0.1) is 0 Å². The average molecular weight is 413 g/mol. The molecule has 0 aliphatic rings. The van der Waals surface area contributed by atoms with E-state index < -0.39 is 0 Å². The molecule has 0 saturated carbocycles. The van der Waals surface area contributed by atoms with Crippen molar-refractivity contribution in [2.24, 2.45) is 0 Å². The largest absolute Gasteiger partial charge is 0.490 e. The summed E-state index contributed by atoms with van der Waals surface area (Å²) < 4.78 is 7.49. The summed E-state index contributed by atoms with van der Waals surface area (Å²) in [5, 5.41) is 2.87. The van der Waals surface area contributed by atoms with E-state index in [0.29, 0.717) is 11.3 Å². The Morgan fingerprint density at radius 3 is 2.29 bits per heavy atom. The lowest BCUT2D eigenvalue weighted by Crippen LogP contribution is -2.15. The molecule has 2 rings (SSSR count). The second-order valence-corrected chi connectivity index (χ2v) is 6.60. The van der Waals surface area contributed by atoms with Gasteiger partial charge < -0.3 is 10.1 Å². The number of rotatable bonds is 4. The van der Waals surface area contributed by atoms with Gasteiger partial charge in [-0.05, 0) is 56.3 Å². The van der Waals surface area contributed by atoms with Crippen molar-refractivity contribution in [2.75, 3.05) is 5.32 Å². The zero-order valence-electron chi connectivity index (χ0n) is 11.7. The number of hydrogen-bond donors (Lipinski definition) is 1. The Morgan fingerprint density at radius 1 is 1.05 bits per heavy atom. The summed E-state index contributed by atoms with van der Waals surface area (Å²) in [6, 6.07) is 12.8. The first kappa shape index (κ1) is 16.0. The van der Waals surface area contributed by atoms with Crippen LogP contribution in [0.1, 0.15) is 24.2 Å². The fourth-order valence-electron chi connectivity index (χ4n) is 1.77. The molecule has 0 atom stereocenters. The number of anilines is 1. The second kappa shape index (κ2) is 7.09. The van der Waals surface area contributed by atoms with Crippen LogP contribution in [0.5, 0.6) is 5.75 Å². The van der Waals surface area contributed by atoms with Gasteiger partial charge in [-0.1, -0.05) is 31.9 Å². The molecule has 0 fully saturated rings. The van der Waals surface area contributed by atoms with Crippen LogP contribution in [0.2, 0.25) is 0 Å². The molecule has 0 heterocycles. The highest BCUT2D eigenvalue weighted by Crippen LogP contribution is 2.25. The van der Waals surface area contributed by atoms with Crippen LogP contribution < -0.4 is 10.1 Å². The van der Waals surface area contributed by atoms with Crippen molar-refractivity contribution in [3.05, 3.63) is 57.0 Å². The number of carbonyl (C=O) groups excluding carboxylic acids is 1. The molecular weight excluding hydrogens is 398 g/mol. The van der Waals surface area contributed by atoms with E-state index >= 15 is 0 Å². The van der Waals surface area contributed by atoms with Crippen molar-refractivity contribution in [3.8, 4) is 5.75 Å². The van der Waals surface area contributed by atoms with Crippen LogP contribution in [0.3, 0.4) is 0 Å². The monoisotopic (exact) mass is 411 g/mol. The van der Waals surface area contributed by atoms with Crippen molar-refractivity contribution in [1.29, 1.82) is 0 Å². The summed E-state index contributed by atoms with van der Waals surface area (Å²) in [5.41, 5.74) is 1.24.